The first-order valence-corrected chi connectivity index (χ1v) is 11.2. The number of aliphatic hydroxyl groups is 1. The van der Waals surface area contributed by atoms with Crippen molar-refractivity contribution < 1.29 is 14.6 Å². The molecule has 4 nitrogen and oxygen atoms in total. The van der Waals surface area contributed by atoms with E-state index in [1.54, 1.807) is 0 Å². The van der Waals surface area contributed by atoms with E-state index in [2.05, 4.69) is 5.32 Å². The number of rotatable bonds is 13. The quantitative estimate of drug-likeness (QED) is 0.382. The molecular formula is C22H39NO3. The molecule has 0 saturated heterocycles. The molecule has 4 saturated carbocycles. The van der Waals surface area contributed by atoms with Crippen molar-refractivity contribution in [2.24, 2.45) is 23.2 Å². The second kappa shape index (κ2) is 10.1. The van der Waals surface area contributed by atoms with E-state index in [-0.39, 0.29) is 12.6 Å². The van der Waals surface area contributed by atoms with Gasteiger partial charge in [0.2, 0.25) is 0 Å². The number of ether oxygens (including phenoxy) is 1. The Morgan fingerprint density at radius 1 is 0.923 bits per heavy atom. The Labute approximate surface area is 159 Å². The Morgan fingerprint density at radius 2 is 1.54 bits per heavy atom. The summed E-state index contributed by atoms with van der Waals surface area (Å²) in [6, 6.07) is 0. The second-order valence-electron chi connectivity index (χ2n) is 9.38. The maximum absolute atomic E-state index is 12.0. The van der Waals surface area contributed by atoms with Crippen LogP contribution in [0.3, 0.4) is 0 Å². The molecule has 0 unspecified atom stereocenters. The normalized spacial score (nSPS) is 32.1. The lowest BCUT2D eigenvalue weighted by Gasteiger charge is -2.57. The SMILES string of the molecule is O=C(CCCCCCCNCCO)OCCC12CC3CC(CC(C3)C1)C2. The maximum Gasteiger partial charge on any atom is 0.305 e. The van der Waals surface area contributed by atoms with Gasteiger partial charge in [-0.05, 0) is 87.5 Å². The van der Waals surface area contributed by atoms with E-state index in [1.807, 2.05) is 0 Å². The minimum atomic E-state index is 0.0133. The highest BCUT2D eigenvalue weighted by molar-refractivity contribution is 5.69. The van der Waals surface area contributed by atoms with Crippen molar-refractivity contribution in [3.63, 3.8) is 0 Å². The lowest BCUT2D eigenvalue weighted by molar-refractivity contribution is -0.146. The topological polar surface area (TPSA) is 58.6 Å². The van der Waals surface area contributed by atoms with E-state index in [9.17, 15) is 4.79 Å². The van der Waals surface area contributed by atoms with E-state index in [0.717, 1.165) is 50.0 Å². The van der Waals surface area contributed by atoms with Crippen LogP contribution in [-0.4, -0.2) is 37.4 Å². The summed E-state index contributed by atoms with van der Waals surface area (Å²) in [5.74, 6) is 2.96. The molecule has 2 N–H and O–H groups in total. The van der Waals surface area contributed by atoms with E-state index in [1.165, 1.54) is 51.4 Å². The van der Waals surface area contributed by atoms with Crippen molar-refractivity contribution in [2.45, 2.75) is 83.5 Å². The van der Waals surface area contributed by atoms with Crippen LogP contribution in [0.1, 0.15) is 83.5 Å². The third-order valence-corrected chi connectivity index (χ3v) is 7.08. The summed E-state index contributed by atoms with van der Waals surface area (Å²) in [4.78, 5) is 12.0. The summed E-state index contributed by atoms with van der Waals surface area (Å²) in [5, 5.41) is 11.9. The molecule has 26 heavy (non-hydrogen) atoms. The van der Waals surface area contributed by atoms with Crippen LogP contribution in [0.5, 0.6) is 0 Å². The molecule has 150 valence electrons. The molecule has 4 rings (SSSR count). The lowest BCUT2D eigenvalue weighted by atomic mass is 9.49. The number of carbonyl (C=O) groups is 1. The molecule has 0 spiro atoms. The van der Waals surface area contributed by atoms with E-state index in [0.29, 0.717) is 25.0 Å². The number of unbranched alkanes of at least 4 members (excludes halogenated alkanes) is 4. The largest absolute Gasteiger partial charge is 0.466 e. The molecule has 4 bridgehead atoms. The Morgan fingerprint density at radius 3 is 2.19 bits per heavy atom. The van der Waals surface area contributed by atoms with Gasteiger partial charge in [-0.3, -0.25) is 4.79 Å². The average Bonchev–Trinajstić information content (AvgIpc) is 2.59. The molecule has 0 atom stereocenters. The van der Waals surface area contributed by atoms with Crippen LogP contribution in [0.2, 0.25) is 0 Å². The predicted octanol–water partition coefficient (Wildman–Crippen LogP) is 4.06. The average molecular weight is 366 g/mol. The van der Waals surface area contributed by atoms with E-state index in [4.69, 9.17) is 9.84 Å². The maximum atomic E-state index is 12.0. The number of hydrogen-bond donors (Lipinski definition) is 2. The summed E-state index contributed by atoms with van der Waals surface area (Å²) in [5.41, 5.74) is 0.527. The minimum Gasteiger partial charge on any atom is -0.466 e. The Kier molecular flexibility index (Phi) is 7.80. The Bertz CT molecular complexity index is 402. The van der Waals surface area contributed by atoms with Crippen molar-refractivity contribution in [3.8, 4) is 0 Å². The standard InChI is InChI=1S/C22H39NO3/c24-10-9-23-8-5-3-1-2-4-6-21(25)26-11-7-22-15-18-12-19(16-22)14-20(13-18)17-22/h18-20,23-24H,1-17H2. The van der Waals surface area contributed by atoms with Gasteiger partial charge in [0.15, 0.2) is 0 Å². The minimum absolute atomic E-state index is 0.0133. The molecule has 0 heterocycles. The zero-order valence-corrected chi connectivity index (χ0v) is 16.5. The number of carbonyl (C=O) groups excluding carboxylic acids is 1. The summed E-state index contributed by atoms with van der Waals surface area (Å²) >= 11 is 0. The highest BCUT2D eigenvalue weighted by Crippen LogP contribution is 2.61. The first-order valence-electron chi connectivity index (χ1n) is 11.2. The van der Waals surface area contributed by atoms with Gasteiger partial charge in [0, 0.05) is 13.0 Å². The highest BCUT2D eigenvalue weighted by atomic mass is 16.5. The zero-order chi connectivity index (χ0) is 18.2. The number of hydrogen-bond acceptors (Lipinski definition) is 4. The van der Waals surface area contributed by atoms with Gasteiger partial charge in [-0.15, -0.1) is 0 Å². The van der Waals surface area contributed by atoms with Crippen LogP contribution in [0.25, 0.3) is 0 Å². The van der Waals surface area contributed by atoms with Crippen molar-refractivity contribution >= 4 is 5.97 Å². The molecule has 4 fully saturated rings. The van der Waals surface area contributed by atoms with Crippen molar-refractivity contribution in [1.82, 2.24) is 5.32 Å². The fraction of sp³-hybridized carbons (Fsp3) is 0.955. The Hall–Kier alpha value is -0.610. The van der Waals surface area contributed by atoms with Crippen LogP contribution in [0.4, 0.5) is 0 Å². The highest BCUT2D eigenvalue weighted by Gasteiger charge is 2.50. The smallest absolute Gasteiger partial charge is 0.305 e. The number of aliphatic hydroxyl groups excluding tert-OH is 1. The molecule has 4 aliphatic rings. The van der Waals surface area contributed by atoms with E-state index >= 15 is 0 Å². The summed E-state index contributed by atoms with van der Waals surface area (Å²) in [7, 11) is 0. The van der Waals surface area contributed by atoms with Crippen LogP contribution in [0.15, 0.2) is 0 Å². The zero-order valence-electron chi connectivity index (χ0n) is 16.5. The van der Waals surface area contributed by atoms with Gasteiger partial charge < -0.3 is 15.2 Å². The first kappa shape index (κ1) is 20.1. The van der Waals surface area contributed by atoms with Crippen molar-refractivity contribution in [2.75, 3.05) is 26.3 Å². The summed E-state index contributed by atoms with van der Waals surface area (Å²) in [6.07, 6.45) is 16.0. The fourth-order valence-corrected chi connectivity index (χ4v) is 6.30. The molecule has 0 aromatic carbocycles. The summed E-state index contributed by atoms with van der Waals surface area (Å²) < 4.78 is 5.58. The number of nitrogens with one attached hydrogen (secondary N) is 1. The molecule has 4 aliphatic carbocycles. The van der Waals surface area contributed by atoms with Gasteiger partial charge in [-0.2, -0.15) is 0 Å². The van der Waals surface area contributed by atoms with Gasteiger partial charge >= 0.3 is 5.97 Å². The van der Waals surface area contributed by atoms with Gasteiger partial charge in [0.1, 0.15) is 0 Å². The predicted molar refractivity (Wildman–Crippen MR) is 104 cm³/mol. The van der Waals surface area contributed by atoms with E-state index < -0.39 is 0 Å². The number of esters is 1. The third-order valence-electron chi connectivity index (χ3n) is 7.08. The van der Waals surface area contributed by atoms with Crippen molar-refractivity contribution in [1.29, 1.82) is 0 Å². The fourth-order valence-electron chi connectivity index (χ4n) is 6.30. The molecule has 0 aromatic rings. The van der Waals surface area contributed by atoms with Gasteiger partial charge in [-0.25, -0.2) is 0 Å². The van der Waals surface area contributed by atoms with Crippen LogP contribution < -0.4 is 5.32 Å². The van der Waals surface area contributed by atoms with Gasteiger partial charge in [0.25, 0.3) is 0 Å². The van der Waals surface area contributed by atoms with Crippen LogP contribution >= 0.6 is 0 Å². The second-order valence-corrected chi connectivity index (χ2v) is 9.38. The summed E-state index contributed by atoms with van der Waals surface area (Å²) in [6.45, 7) is 2.54. The molecule has 4 heteroatoms. The molecule has 0 radical (unpaired) electrons. The third kappa shape index (κ3) is 5.95. The monoisotopic (exact) mass is 365 g/mol. The first-order chi connectivity index (χ1) is 12.7. The molecule has 0 aliphatic heterocycles. The Balaban J connectivity index is 1.19. The van der Waals surface area contributed by atoms with Crippen LogP contribution in [0, 0.1) is 23.2 Å². The van der Waals surface area contributed by atoms with Gasteiger partial charge in [-0.1, -0.05) is 19.3 Å². The molecule has 0 aromatic heterocycles. The van der Waals surface area contributed by atoms with Gasteiger partial charge in [0.05, 0.1) is 13.2 Å². The molecule has 0 amide bonds. The molecular weight excluding hydrogens is 326 g/mol. The van der Waals surface area contributed by atoms with Crippen molar-refractivity contribution in [3.05, 3.63) is 0 Å². The van der Waals surface area contributed by atoms with Crippen LogP contribution in [-0.2, 0) is 9.53 Å². The lowest BCUT2D eigenvalue weighted by Crippen LogP contribution is -2.46.